The number of rotatable bonds is 4. The van der Waals surface area contributed by atoms with Crippen LogP contribution in [0.25, 0.3) is 11.5 Å². The van der Waals surface area contributed by atoms with Crippen molar-refractivity contribution in [1.82, 2.24) is 10.1 Å². The number of hydrogen-bond acceptors (Lipinski definition) is 6. The van der Waals surface area contributed by atoms with Gasteiger partial charge in [-0.05, 0) is 25.0 Å². The quantitative estimate of drug-likeness (QED) is 0.801. The molecule has 0 bridgehead atoms. The second-order valence-electron chi connectivity index (χ2n) is 4.93. The summed E-state index contributed by atoms with van der Waals surface area (Å²) >= 11 is 1.39. The minimum absolute atomic E-state index is 0.0863. The van der Waals surface area contributed by atoms with Crippen LogP contribution in [0.2, 0.25) is 0 Å². The molecule has 0 aromatic carbocycles. The number of nitrogens with one attached hydrogen (secondary N) is 1. The first-order valence-electron chi connectivity index (χ1n) is 6.50. The second-order valence-corrected chi connectivity index (χ2v) is 5.82. The number of aromatic nitrogens is 2. The van der Waals surface area contributed by atoms with Crippen molar-refractivity contribution in [1.29, 1.82) is 0 Å². The molecule has 1 aliphatic carbocycles. The number of thiazole rings is 1. The van der Waals surface area contributed by atoms with Gasteiger partial charge >= 0.3 is 0 Å². The number of nitrogens with zero attached hydrogens (tertiary/aromatic N) is 2. The van der Waals surface area contributed by atoms with Crippen LogP contribution in [0.4, 0.5) is 5.13 Å². The maximum Gasteiger partial charge on any atom is 0.238 e. The van der Waals surface area contributed by atoms with E-state index in [1.165, 1.54) is 11.3 Å². The van der Waals surface area contributed by atoms with Crippen LogP contribution < -0.4 is 5.32 Å². The maximum absolute atomic E-state index is 12.4. The fourth-order valence-electron chi connectivity index (χ4n) is 2.26. The van der Waals surface area contributed by atoms with Crippen LogP contribution in [0, 0.1) is 0 Å². The van der Waals surface area contributed by atoms with Gasteiger partial charge in [0.2, 0.25) is 11.7 Å². The molecule has 1 amide bonds. The van der Waals surface area contributed by atoms with Gasteiger partial charge in [-0.1, -0.05) is 5.16 Å². The SMILES string of the molecule is O=C(Nc1nccs1)C1(c2cc(-c3ccco3)on2)CC1. The first-order chi connectivity index (χ1) is 10.3. The van der Waals surface area contributed by atoms with Crippen LogP contribution in [-0.2, 0) is 10.2 Å². The number of carbonyl (C=O) groups is 1. The Morgan fingerprint density at radius 1 is 1.38 bits per heavy atom. The van der Waals surface area contributed by atoms with Crippen molar-refractivity contribution < 1.29 is 13.7 Å². The van der Waals surface area contributed by atoms with Gasteiger partial charge in [0.1, 0.15) is 0 Å². The van der Waals surface area contributed by atoms with Crippen molar-refractivity contribution in [3.05, 3.63) is 41.7 Å². The molecular formula is C14H11N3O3S. The summed E-state index contributed by atoms with van der Waals surface area (Å²) in [7, 11) is 0. The Kier molecular flexibility index (Phi) is 2.68. The highest BCUT2D eigenvalue weighted by atomic mass is 32.1. The lowest BCUT2D eigenvalue weighted by molar-refractivity contribution is -0.118. The maximum atomic E-state index is 12.4. The molecule has 106 valence electrons. The second kappa shape index (κ2) is 4.56. The Bertz CT molecular complexity index is 757. The lowest BCUT2D eigenvalue weighted by atomic mass is 10.0. The highest BCUT2D eigenvalue weighted by molar-refractivity contribution is 7.13. The third-order valence-corrected chi connectivity index (χ3v) is 4.29. The van der Waals surface area contributed by atoms with Gasteiger partial charge < -0.3 is 14.3 Å². The molecule has 0 aliphatic heterocycles. The Hall–Kier alpha value is -2.41. The predicted octanol–water partition coefficient (Wildman–Crippen LogP) is 3.06. The third-order valence-electron chi connectivity index (χ3n) is 3.60. The standard InChI is InChI=1S/C14H11N3O3S/c18-12(16-13-15-5-7-21-13)14(3-4-14)11-8-10(20-17-11)9-2-1-6-19-9/h1-2,5-8H,3-4H2,(H,15,16,18). The van der Waals surface area contributed by atoms with Crippen molar-refractivity contribution in [2.45, 2.75) is 18.3 Å². The minimum atomic E-state index is -0.597. The number of carbonyl (C=O) groups excluding carboxylic acids is 1. The van der Waals surface area contributed by atoms with Crippen molar-refractivity contribution in [2.75, 3.05) is 5.32 Å². The zero-order valence-electron chi connectivity index (χ0n) is 10.9. The Morgan fingerprint density at radius 3 is 2.95 bits per heavy atom. The number of anilines is 1. The van der Waals surface area contributed by atoms with Crippen molar-refractivity contribution in [3.8, 4) is 11.5 Å². The van der Waals surface area contributed by atoms with E-state index >= 15 is 0 Å². The summed E-state index contributed by atoms with van der Waals surface area (Å²) in [6, 6.07) is 5.34. The zero-order valence-corrected chi connectivity index (χ0v) is 11.7. The fraction of sp³-hybridized carbons (Fsp3) is 0.214. The van der Waals surface area contributed by atoms with Gasteiger partial charge in [0.05, 0.1) is 17.4 Å². The topological polar surface area (TPSA) is 81.2 Å². The normalized spacial score (nSPS) is 15.8. The van der Waals surface area contributed by atoms with E-state index in [1.807, 2.05) is 5.38 Å². The molecule has 3 heterocycles. The molecule has 0 spiro atoms. The predicted molar refractivity (Wildman–Crippen MR) is 75.9 cm³/mol. The molecule has 21 heavy (non-hydrogen) atoms. The van der Waals surface area contributed by atoms with E-state index in [1.54, 1.807) is 30.7 Å². The smallest absolute Gasteiger partial charge is 0.238 e. The Morgan fingerprint density at radius 2 is 2.29 bits per heavy atom. The van der Waals surface area contributed by atoms with E-state index < -0.39 is 5.41 Å². The van der Waals surface area contributed by atoms with E-state index in [4.69, 9.17) is 8.94 Å². The fourth-order valence-corrected chi connectivity index (χ4v) is 2.79. The van der Waals surface area contributed by atoms with Gasteiger partial charge in [-0.3, -0.25) is 4.79 Å². The van der Waals surface area contributed by atoms with Crippen molar-refractivity contribution in [3.63, 3.8) is 0 Å². The molecular weight excluding hydrogens is 290 g/mol. The van der Waals surface area contributed by atoms with Crippen molar-refractivity contribution >= 4 is 22.4 Å². The van der Waals surface area contributed by atoms with E-state index in [0.717, 1.165) is 12.8 Å². The summed E-state index contributed by atoms with van der Waals surface area (Å²) in [6.07, 6.45) is 4.74. The molecule has 1 saturated carbocycles. The van der Waals surface area contributed by atoms with E-state index in [9.17, 15) is 4.79 Å². The molecule has 0 radical (unpaired) electrons. The number of furan rings is 1. The largest absolute Gasteiger partial charge is 0.461 e. The number of amides is 1. The highest BCUT2D eigenvalue weighted by Crippen LogP contribution is 2.49. The molecule has 0 atom stereocenters. The summed E-state index contributed by atoms with van der Waals surface area (Å²) in [5.41, 5.74) is 0.0444. The van der Waals surface area contributed by atoms with Crippen molar-refractivity contribution in [2.24, 2.45) is 0 Å². The third kappa shape index (κ3) is 2.06. The van der Waals surface area contributed by atoms with E-state index in [2.05, 4.69) is 15.5 Å². The van der Waals surface area contributed by atoms with E-state index in [0.29, 0.717) is 22.3 Å². The molecule has 0 saturated heterocycles. The molecule has 6 nitrogen and oxygen atoms in total. The molecule has 1 aliphatic rings. The Balaban J connectivity index is 1.59. The van der Waals surface area contributed by atoms with Crippen LogP contribution >= 0.6 is 11.3 Å². The molecule has 3 aromatic rings. The summed E-state index contributed by atoms with van der Waals surface area (Å²) < 4.78 is 10.6. The lowest BCUT2D eigenvalue weighted by Crippen LogP contribution is -2.28. The molecule has 7 heteroatoms. The minimum Gasteiger partial charge on any atom is -0.461 e. The van der Waals surface area contributed by atoms with Gasteiger partial charge in [-0.15, -0.1) is 11.3 Å². The van der Waals surface area contributed by atoms with Crippen LogP contribution in [0.5, 0.6) is 0 Å². The average molecular weight is 301 g/mol. The summed E-state index contributed by atoms with van der Waals surface area (Å²) in [5, 5.41) is 9.29. The van der Waals surface area contributed by atoms with Gasteiger partial charge in [0.25, 0.3) is 0 Å². The summed E-state index contributed by atoms with van der Waals surface area (Å²) in [4.78, 5) is 16.5. The van der Waals surface area contributed by atoms with Gasteiger partial charge in [-0.2, -0.15) is 0 Å². The zero-order chi connectivity index (χ0) is 14.3. The monoisotopic (exact) mass is 301 g/mol. The van der Waals surface area contributed by atoms with Gasteiger partial charge in [0, 0.05) is 17.6 Å². The average Bonchev–Trinajstić information content (AvgIpc) is 2.99. The van der Waals surface area contributed by atoms with Gasteiger partial charge in [0.15, 0.2) is 10.9 Å². The van der Waals surface area contributed by atoms with Crippen LogP contribution in [-0.4, -0.2) is 16.0 Å². The molecule has 3 aromatic heterocycles. The summed E-state index contributed by atoms with van der Waals surface area (Å²) in [5.74, 6) is 1.05. The Labute approximate surface area is 123 Å². The summed E-state index contributed by atoms with van der Waals surface area (Å²) in [6.45, 7) is 0. The lowest BCUT2D eigenvalue weighted by Gasteiger charge is -2.10. The van der Waals surface area contributed by atoms with Crippen LogP contribution in [0.15, 0.2) is 45.0 Å². The molecule has 1 fully saturated rings. The molecule has 0 unspecified atom stereocenters. The van der Waals surface area contributed by atoms with Gasteiger partial charge in [-0.25, -0.2) is 4.98 Å². The van der Waals surface area contributed by atoms with Crippen LogP contribution in [0.1, 0.15) is 18.5 Å². The van der Waals surface area contributed by atoms with Crippen LogP contribution in [0.3, 0.4) is 0 Å². The first kappa shape index (κ1) is 12.3. The molecule has 4 rings (SSSR count). The number of hydrogen-bond donors (Lipinski definition) is 1. The first-order valence-corrected chi connectivity index (χ1v) is 7.38. The molecule has 1 N–H and O–H groups in total. The highest BCUT2D eigenvalue weighted by Gasteiger charge is 2.54. The van der Waals surface area contributed by atoms with E-state index in [-0.39, 0.29) is 5.91 Å².